The molecular weight excluding hydrogens is 422 g/mol. The maximum Gasteiger partial charge on any atom is 0.328 e. The first-order valence-electron chi connectivity index (χ1n) is 10.8. The lowest BCUT2D eigenvalue weighted by Gasteiger charge is -2.20. The summed E-state index contributed by atoms with van der Waals surface area (Å²) in [6.07, 6.45) is 6.49. The van der Waals surface area contributed by atoms with Gasteiger partial charge in [-0.3, -0.25) is 4.79 Å². The Morgan fingerprint density at radius 1 is 1.06 bits per heavy atom. The molecule has 3 aromatic rings. The van der Waals surface area contributed by atoms with Crippen molar-refractivity contribution in [1.82, 2.24) is 14.7 Å². The number of nitrogens with zero attached hydrogens (tertiary/aromatic N) is 3. The molecule has 0 bridgehead atoms. The quantitative estimate of drug-likeness (QED) is 0.556. The molecule has 4 rings (SSSR count). The molecule has 0 saturated carbocycles. The summed E-state index contributed by atoms with van der Waals surface area (Å²) >= 11 is 0. The standard InChI is InChI=1S/C21H23N3O.C4H4O4/c1-16-4-3-12-23(16)13-10-17-6-7-19-15-20(9-8-18(19)14-17)24-21(25)5-2-11-22-24;5-3(6)1-2-4(7)8/h2,5-9,11,14-16H,3-4,10,12-13H2,1H3;1-2H,(H,5,6)(H,7,8)/b;2-1+/t16-;/m1./s1. The van der Waals surface area contributed by atoms with Gasteiger partial charge in [-0.2, -0.15) is 9.78 Å². The Balaban J connectivity index is 0.000000331. The molecule has 8 heteroatoms. The average molecular weight is 450 g/mol. The zero-order valence-corrected chi connectivity index (χ0v) is 18.4. The molecule has 2 heterocycles. The number of benzene rings is 2. The second kappa shape index (κ2) is 11.2. The highest BCUT2D eigenvalue weighted by Crippen LogP contribution is 2.21. The number of rotatable bonds is 6. The fourth-order valence-corrected chi connectivity index (χ4v) is 3.86. The predicted molar refractivity (Wildman–Crippen MR) is 126 cm³/mol. The van der Waals surface area contributed by atoms with Gasteiger partial charge in [0.1, 0.15) is 0 Å². The minimum Gasteiger partial charge on any atom is -0.478 e. The number of hydrogen-bond donors (Lipinski definition) is 2. The monoisotopic (exact) mass is 449 g/mol. The summed E-state index contributed by atoms with van der Waals surface area (Å²) in [5.74, 6) is -2.51. The molecule has 0 aliphatic carbocycles. The van der Waals surface area contributed by atoms with Gasteiger partial charge in [0, 0.05) is 37.0 Å². The van der Waals surface area contributed by atoms with Gasteiger partial charge in [-0.15, -0.1) is 0 Å². The Morgan fingerprint density at radius 3 is 2.39 bits per heavy atom. The number of fused-ring (bicyclic) bond motifs is 1. The highest BCUT2D eigenvalue weighted by atomic mass is 16.4. The molecule has 2 aromatic carbocycles. The molecule has 2 N–H and O–H groups in total. The van der Waals surface area contributed by atoms with E-state index in [1.807, 2.05) is 12.1 Å². The van der Waals surface area contributed by atoms with Crippen molar-refractivity contribution in [2.45, 2.75) is 32.2 Å². The van der Waals surface area contributed by atoms with Crippen LogP contribution in [-0.2, 0) is 16.0 Å². The van der Waals surface area contributed by atoms with Crippen molar-refractivity contribution in [2.24, 2.45) is 0 Å². The highest BCUT2D eigenvalue weighted by molar-refractivity contribution is 5.89. The van der Waals surface area contributed by atoms with Crippen LogP contribution in [0.25, 0.3) is 16.5 Å². The highest BCUT2D eigenvalue weighted by Gasteiger charge is 2.19. The number of carbonyl (C=O) groups is 2. The SMILES string of the molecule is C[C@@H]1CCCN1CCc1ccc2cc(-n3ncccc3=O)ccc2c1.O=C(O)/C=C/C(=O)O. The summed E-state index contributed by atoms with van der Waals surface area (Å²) in [6, 6.07) is 16.6. The van der Waals surface area contributed by atoms with Crippen LogP contribution in [0.1, 0.15) is 25.3 Å². The summed E-state index contributed by atoms with van der Waals surface area (Å²) in [4.78, 5) is 33.6. The van der Waals surface area contributed by atoms with E-state index >= 15 is 0 Å². The number of aromatic nitrogens is 2. The molecule has 1 saturated heterocycles. The molecule has 1 aromatic heterocycles. The normalized spacial score (nSPS) is 16.0. The predicted octanol–water partition coefficient (Wildman–Crippen LogP) is 3.12. The Hall–Kier alpha value is -3.78. The van der Waals surface area contributed by atoms with Crippen LogP contribution >= 0.6 is 0 Å². The fraction of sp³-hybridized carbons (Fsp3) is 0.280. The first-order valence-corrected chi connectivity index (χ1v) is 10.8. The van der Waals surface area contributed by atoms with Crippen molar-refractivity contribution in [3.05, 3.63) is 82.8 Å². The summed E-state index contributed by atoms with van der Waals surface area (Å²) < 4.78 is 1.43. The van der Waals surface area contributed by atoms with Crippen LogP contribution in [0.15, 0.2) is 71.7 Å². The van der Waals surface area contributed by atoms with Crippen LogP contribution in [0.2, 0.25) is 0 Å². The van der Waals surface area contributed by atoms with Crippen molar-refractivity contribution < 1.29 is 19.8 Å². The summed E-state index contributed by atoms with van der Waals surface area (Å²) in [6.45, 7) is 4.69. The summed E-state index contributed by atoms with van der Waals surface area (Å²) in [5.41, 5.74) is 2.06. The van der Waals surface area contributed by atoms with Gasteiger partial charge in [0.25, 0.3) is 5.56 Å². The van der Waals surface area contributed by atoms with Gasteiger partial charge in [-0.1, -0.05) is 24.3 Å². The second-order valence-electron chi connectivity index (χ2n) is 7.93. The third-order valence-corrected chi connectivity index (χ3v) is 5.60. The molecule has 0 unspecified atom stereocenters. The van der Waals surface area contributed by atoms with Crippen LogP contribution < -0.4 is 5.56 Å². The molecule has 0 spiro atoms. The topological polar surface area (TPSA) is 113 Å². The molecular formula is C25H27N3O5. The minimum absolute atomic E-state index is 0.113. The Bertz CT molecular complexity index is 1200. The molecule has 1 aliphatic heterocycles. The molecule has 1 fully saturated rings. The van der Waals surface area contributed by atoms with E-state index < -0.39 is 11.9 Å². The van der Waals surface area contributed by atoms with E-state index in [9.17, 15) is 14.4 Å². The second-order valence-corrected chi connectivity index (χ2v) is 7.93. The number of carboxylic acid groups (broad SMARTS) is 2. The third kappa shape index (κ3) is 6.85. The Kier molecular flexibility index (Phi) is 8.10. The zero-order chi connectivity index (χ0) is 23.8. The molecule has 1 aliphatic rings. The van der Waals surface area contributed by atoms with Crippen molar-refractivity contribution in [3.63, 3.8) is 0 Å². The molecule has 0 amide bonds. The first-order chi connectivity index (χ1) is 15.8. The van der Waals surface area contributed by atoms with E-state index in [-0.39, 0.29) is 5.56 Å². The number of carboxylic acids is 2. The van der Waals surface area contributed by atoms with Crippen LogP contribution in [0.5, 0.6) is 0 Å². The molecule has 33 heavy (non-hydrogen) atoms. The minimum atomic E-state index is -1.26. The lowest BCUT2D eigenvalue weighted by atomic mass is 10.0. The number of likely N-dealkylation sites (tertiary alicyclic amines) is 1. The van der Waals surface area contributed by atoms with Crippen LogP contribution in [-0.4, -0.2) is 56.0 Å². The molecule has 0 radical (unpaired) electrons. The third-order valence-electron chi connectivity index (χ3n) is 5.60. The van der Waals surface area contributed by atoms with Crippen LogP contribution in [0.3, 0.4) is 0 Å². The van der Waals surface area contributed by atoms with Gasteiger partial charge in [0.15, 0.2) is 0 Å². The summed E-state index contributed by atoms with van der Waals surface area (Å²) in [7, 11) is 0. The van der Waals surface area contributed by atoms with E-state index in [1.54, 1.807) is 12.3 Å². The number of hydrogen-bond acceptors (Lipinski definition) is 5. The fourth-order valence-electron chi connectivity index (χ4n) is 3.86. The van der Waals surface area contributed by atoms with Gasteiger partial charge in [0.05, 0.1) is 5.69 Å². The molecule has 1 atom stereocenters. The van der Waals surface area contributed by atoms with Crippen LogP contribution in [0.4, 0.5) is 0 Å². The van der Waals surface area contributed by atoms with E-state index in [0.29, 0.717) is 12.2 Å². The van der Waals surface area contributed by atoms with Crippen molar-refractivity contribution in [1.29, 1.82) is 0 Å². The molecule has 8 nitrogen and oxygen atoms in total. The molecule has 172 valence electrons. The van der Waals surface area contributed by atoms with E-state index in [2.05, 4.69) is 41.2 Å². The van der Waals surface area contributed by atoms with Gasteiger partial charge in [0.2, 0.25) is 0 Å². The number of aliphatic carboxylic acids is 2. The lowest BCUT2D eigenvalue weighted by molar-refractivity contribution is -0.134. The summed E-state index contributed by atoms with van der Waals surface area (Å²) in [5, 5.41) is 22.1. The van der Waals surface area contributed by atoms with Crippen LogP contribution in [0, 0.1) is 0 Å². The van der Waals surface area contributed by atoms with Crippen molar-refractivity contribution >= 4 is 22.7 Å². The Labute approximate surface area is 191 Å². The average Bonchev–Trinajstić information content (AvgIpc) is 3.21. The Morgan fingerprint density at radius 2 is 1.76 bits per heavy atom. The largest absolute Gasteiger partial charge is 0.478 e. The van der Waals surface area contributed by atoms with E-state index in [4.69, 9.17) is 10.2 Å². The first kappa shape index (κ1) is 23.9. The van der Waals surface area contributed by atoms with Crippen molar-refractivity contribution in [3.8, 4) is 5.69 Å². The van der Waals surface area contributed by atoms with Crippen molar-refractivity contribution in [2.75, 3.05) is 13.1 Å². The van der Waals surface area contributed by atoms with Gasteiger partial charge in [-0.25, -0.2) is 9.59 Å². The zero-order valence-electron chi connectivity index (χ0n) is 18.4. The lowest BCUT2D eigenvalue weighted by Crippen LogP contribution is -2.28. The maximum atomic E-state index is 11.9. The van der Waals surface area contributed by atoms with Gasteiger partial charge < -0.3 is 15.1 Å². The smallest absolute Gasteiger partial charge is 0.328 e. The van der Waals surface area contributed by atoms with E-state index in [0.717, 1.165) is 30.1 Å². The van der Waals surface area contributed by atoms with Gasteiger partial charge in [-0.05, 0) is 67.3 Å². The van der Waals surface area contributed by atoms with Gasteiger partial charge >= 0.3 is 11.9 Å². The maximum absolute atomic E-state index is 11.9. The van der Waals surface area contributed by atoms with E-state index in [1.165, 1.54) is 41.1 Å².